The second kappa shape index (κ2) is 8.32. The van der Waals surface area contributed by atoms with Crippen molar-refractivity contribution in [1.82, 2.24) is 0 Å². The predicted octanol–water partition coefficient (Wildman–Crippen LogP) is 4.32. The molecule has 1 spiro atoms. The molecular formula is C21H18N4O5S2. The molecule has 0 amide bonds. The van der Waals surface area contributed by atoms with Gasteiger partial charge in [0.05, 0.1) is 17.7 Å². The van der Waals surface area contributed by atoms with Crippen molar-refractivity contribution in [3.8, 4) is 0 Å². The zero-order chi connectivity index (χ0) is 23.0. The fourth-order valence-corrected chi connectivity index (χ4v) is 6.41. The van der Waals surface area contributed by atoms with Gasteiger partial charge >= 0.3 is 5.97 Å². The maximum atomic E-state index is 12.6. The third kappa shape index (κ3) is 3.53. The molecule has 1 atom stereocenters. The van der Waals surface area contributed by atoms with E-state index in [1.807, 2.05) is 35.2 Å². The first-order valence-electron chi connectivity index (χ1n) is 9.45. The number of hydrogen-bond donors (Lipinski definition) is 0. The minimum absolute atomic E-state index is 0.110. The third-order valence-electron chi connectivity index (χ3n) is 4.84. The monoisotopic (exact) mass is 470 g/mol. The second-order valence-corrected chi connectivity index (χ2v) is 9.48. The number of rotatable bonds is 5. The molecule has 2 aliphatic heterocycles. The van der Waals surface area contributed by atoms with Crippen LogP contribution in [0, 0.1) is 10.1 Å². The number of nitrogens with zero attached hydrogens (tertiary/aromatic N) is 4. The fourth-order valence-electron chi connectivity index (χ4n) is 3.43. The summed E-state index contributed by atoms with van der Waals surface area (Å²) < 4.78 is 3.86. The summed E-state index contributed by atoms with van der Waals surface area (Å²) in [4.78, 5) is 38.1. The summed E-state index contributed by atoms with van der Waals surface area (Å²) in [6.45, 7) is 3.20. The smallest absolute Gasteiger partial charge is 0.346 e. The Morgan fingerprint density at radius 2 is 1.78 bits per heavy atom. The lowest BCUT2D eigenvalue weighted by atomic mass is 10.2. The Kier molecular flexibility index (Phi) is 5.70. The van der Waals surface area contributed by atoms with Gasteiger partial charge in [0, 0.05) is 30.4 Å². The molecule has 0 saturated carbocycles. The number of nitro benzene ring substituents is 1. The summed E-state index contributed by atoms with van der Waals surface area (Å²) in [6.07, 6.45) is 0. The van der Waals surface area contributed by atoms with E-state index in [1.54, 1.807) is 24.1 Å². The Morgan fingerprint density at radius 1 is 1.09 bits per heavy atom. The number of esters is 1. The second-order valence-electron chi connectivity index (χ2n) is 6.88. The van der Waals surface area contributed by atoms with Crippen molar-refractivity contribution in [2.24, 2.45) is 5.10 Å². The number of ether oxygens (including phenoxy) is 1. The molecule has 32 heavy (non-hydrogen) atoms. The molecule has 164 valence electrons. The van der Waals surface area contributed by atoms with Crippen LogP contribution in [0.4, 0.5) is 17.1 Å². The lowest BCUT2D eigenvalue weighted by Crippen LogP contribution is -2.49. The lowest BCUT2D eigenvalue weighted by Gasteiger charge is -2.41. The molecule has 2 aromatic carbocycles. The highest BCUT2D eigenvalue weighted by molar-refractivity contribution is 8.29. The largest absolute Gasteiger partial charge is 0.465 e. The summed E-state index contributed by atoms with van der Waals surface area (Å²) in [7, 11) is 1.30. The van der Waals surface area contributed by atoms with Crippen LogP contribution in [0.3, 0.4) is 0 Å². The quantitative estimate of drug-likeness (QED) is 0.359. The average molecular weight is 471 g/mol. The predicted molar refractivity (Wildman–Crippen MR) is 125 cm³/mol. The van der Waals surface area contributed by atoms with Crippen LogP contribution in [0.2, 0.25) is 0 Å². The standard InChI is InChI=1S/C21H18N4O5S2/c1-13-18(20(27)30-3)31-21(23(13)15-8-5-4-6-9-15)24(22-19(32-21)14(2)26)16-10-7-11-17(12-16)25(28)29/h4-12H,1-3H3. The molecule has 0 bridgehead atoms. The normalized spacial score (nSPS) is 20.0. The first-order chi connectivity index (χ1) is 15.3. The van der Waals surface area contributed by atoms with Gasteiger partial charge in [-0.2, -0.15) is 5.10 Å². The summed E-state index contributed by atoms with van der Waals surface area (Å²) in [5, 5.41) is 17.7. The highest BCUT2D eigenvalue weighted by Crippen LogP contribution is 2.60. The van der Waals surface area contributed by atoms with Crippen LogP contribution in [-0.4, -0.2) is 33.2 Å². The van der Waals surface area contributed by atoms with Crippen molar-refractivity contribution in [2.75, 3.05) is 17.0 Å². The molecule has 0 N–H and O–H groups in total. The number of ketones is 1. The number of carbonyl (C=O) groups is 2. The lowest BCUT2D eigenvalue weighted by molar-refractivity contribution is -0.384. The van der Waals surface area contributed by atoms with Gasteiger partial charge in [-0.15, -0.1) is 0 Å². The van der Waals surface area contributed by atoms with Gasteiger partial charge < -0.3 is 9.64 Å². The minimum atomic E-state index is -1.13. The minimum Gasteiger partial charge on any atom is -0.465 e. The number of thioether (sulfide) groups is 2. The summed E-state index contributed by atoms with van der Waals surface area (Å²) in [6, 6.07) is 15.4. The zero-order valence-electron chi connectivity index (χ0n) is 17.3. The highest BCUT2D eigenvalue weighted by atomic mass is 32.2. The molecule has 0 saturated heterocycles. The van der Waals surface area contributed by atoms with E-state index in [0.717, 1.165) is 5.69 Å². The highest BCUT2D eigenvalue weighted by Gasteiger charge is 2.58. The van der Waals surface area contributed by atoms with Crippen LogP contribution in [0.15, 0.2) is 70.3 Å². The first kappa shape index (κ1) is 21.9. The van der Waals surface area contributed by atoms with Gasteiger partial charge in [-0.3, -0.25) is 14.9 Å². The number of methoxy groups -OCH3 is 1. The maximum absolute atomic E-state index is 12.6. The van der Waals surface area contributed by atoms with Crippen molar-refractivity contribution in [1.29, 1.82) is 0 Å². The number of para-hydroxylation sites is 1. The molecule has 2 heterocycles. The van der Waals surface area contributed by atoms with E-state index in [0.29, 0.717) is 16.3 Å². The van der Waals surface area contributed by atoms with Gasteiger partial charge in [0.1, 0.15) is 4.91 Å². The Hall–Kier alpha value is -3.31. The fraction of sp³-hybridized carbons (Fsp3) is 0.190. The molecular weight excluding hydrogens is 452 g/mol. The van der Waals surface area contributed by atoms with Crippen LogP contribution < -0.4 is 9.91 Å². The van der Waals surface area contributed by atoms with E-state index in [1.165, 1.54) is 49.7 Å². The SMILES string of the molecule is COC(=O)C1=C(C)N(c2ccccc2)C2(SC(C(C)=O)=NN2c2cccc([N+](=O)[O-])c2)S1. The molecule has 1 unspecified atom stereocenters. The number of benzene rings is 2. The molecule has 4 rings (SSSR count). The molecule has 9 nitrogen and oxygen atoms in total. The van der Waals surface area contributed by atoms with E-state index in [9.17, 15) is 19.7 Å². The Balaban J connectivity index is 1.93. The van der Waals surface area contributed by atoms with Crippen molar-refractivity contribution >= 4 is 57.4 Å². The van der Waals surface area contributed by atoms with E-state index in [-0.39, 0.29) is 16.5 Å². The molecule has 2 aromatic rings. The van der Waals surface area contributed by atoms with Gasteiger partial charge in [0.2, 0.25) is 4.33 Å². The van der Waals surface area contributed by atoms with Gasteiger partial charge in [-0.25, -0.2) is 9.80 Å². The molecule has 0 aliphatic carbocycles. The number of allylic oxidation sites excluding steroid dienone is 1. The Bertz CT molecular complexity index is 1180. The number of hydrogen-bond acceptors (Lipinski definition) is 10. The van der Waals surface area contributed by atoms with Crippen LogP contribution in [0.5, 0.6) is 0 Å². The Labute approximate surface area is 192 Å². The summed E-state index contributed by atoms with van der Waals surface area (Å²) >= 11 is 2.37. The van der Waals surface area contributed by atoms with Gasteiger partial charge in [-0.05, 0) is 36.9 Å². The maximum Gasteiger partial charge on any atom is 0.346 e. The van der Waals surface area contributed by atoms with Gasteiger partial charge in [0.15, 0.2) is 10.8 Å². The van der Waals surface area contributed by atoms with E-state index in [2.05, 4.69) is 5.10 Å². The number of anilines is 2. The molecule has 0 fully saturated rings. The van der Waals surface area contributed by atoms with Gasteiger partial charge in [0.25, 0.3) is 5.69 Å². The molecule has 2 aliphatic rings. The average Bonchev–Trinajstić information content (AvgIpc) is 3.31. The number of hydrazone groups is 1. The van der Waals surface area contributed by atoms with E-state index >= 15 is 0 Å². The summed E-state index contributed by atoms with van der Waals surface area (Å²) in [5.41, 5.74) is 1.69. The van der Waals surface area contributed by atoms with Crippen LogP contribution in [0.25, 0.3) is 0 Å². The zero-order valence-corrected chi connectivity index (χ0v) is 19.0. The summed E-state index contributed by atoms with van der Waals surface area (Å²) in [5.74, 6) is -0.763. The van der Waals surface area contributed by atoms with Crippen LogP contribution >= 0.6 is 23.5 Å². The van der Waals surface area contributed by atoms with Crippen molar-refractivity contribution < 1.29 is 19.2 Å². The molecule has 0 aromatic heterocycles. The van der Waals surface area contributed by atoms with E-state index < -0.39 is 15.2 Å². The topological polar surface area (TPSA) is 105 Å². The molecule has 11 heteroatoms. The molecule has 0 radical (unpaired) electrons. The van der Waals surface area contributed by atoms with Crippen LogP contribution in [0.1, 0.15) is 13.8 Å². The Morgan fingerprint density at radius 3 is 2.41 bits per heavy atom. The van der Waals surface area contributed by atoms with Crippen LogP contribution in [-0.2, 0) is 14.3 Å². The van der Waals surface area contributed by atoms with E-state index in [4.69, 9.17) is 4.74 Å². The number of Topliss-reactive ketones (excluding diaryl/α,β-unsaturated/α-hetero) is 1. The number of nitro groups is 1. The van der Waals surface area contributed by atoms with Crippen molar-refractivity contribution in [3.05, 3.63) is 75.3 Å². The number of carbonyl (C=O) groups excluding carboxylic acids is 2. The van der Waals surface area contributed by atoms with Crippen molar-refractivity contribution in [3.63, 3.8) is 0 Å². The third-order valence-corrected chi connectivity index (χ3v) is 7.81. The van der Waals surface area contributed by atoms with Gasteiger partial charge in [-0.1, -0.05) is 36.0 Å². The number of non-ortho nitro benzene ring substituents is 1. The first-order valence-corrected chi connectivity index (χ1v) is 11.1. The van der Waals surface area contributed by atoms with Crippen molar-refractivity contribution in [2.45, 2.75) is 18.2 Å².